The van der Waals surface area contributed by atoms with Crippen molar-refractivity contribution in [1.29, 1.82) is 0 Å². The van der Waals surface area contributed by atoms with Gasteiger partial charge in [-0.05, 0) is 19.8 Å². The molecule has 102 valence electrons. The summed E-state index contributed by atoms with van der Waals surface area (Å²) in [6.45, 7) is 3.91. The van der Waals surface area contributed by atoms with Gasteiger partial charge in [-0.15, -0.1) is 0 Å². The largest absolute Gasteiger partial charge is 0.480 e. The molecule has 2 atom stereocenters. The van der Waals surface area contributed by atoms with E-state index in [-0.39, 0.29) is 36.7 Å². The number of piperidine rings is 1. The van der Waals surface area contributed by atoms with E-state index < -0.39 is 5.97 Å². The highest BCUT2D eigenvalue weighted by Crippen LogP contribution is 2.18. The maximum atomic E-state index is 12.3. The van der Waals surface area contributed by atoms with E-state index in [1.165, 1.54) is 4.90 Å². The number of hydrogen-bond acceptors (Lipinski definition) is 3. The molecular weight excluding hydrogens is 236 g/mol. The third kappa shape index (κ3) is 3.72. The summed E-state index contributed by atoms with van der Waals surface area (Å²) in [5.74, 6) is -1.77. The molecule has 0 bridgehead atoms. The van der Waals surface area contributed by atoms with Crippen molar-refractivity contribution < 1.29 is 19.5 Å². The van der Waals surface area contributed by atoms with Crippen molar-refractivity contribution >= 4 is 17.8 Å². The Morgan fingerprint density at radius 1 is 1.56 bits per heavy atom. The van der Waals surface area contributed by atoms with Crippen molar-refractivity contribution in [3.8, 4) is 0 Å². The molecule has 1 aliphatic heterocycles. The minimum absolute atomic E-state index is 0.126. The van der Waals surface area contributed by atoms with E-state index in [0.717, 1.165) is 0 Å². The minimum atomic E-state index is -1.02. The first kappa shape index (κ1) is 14.5. The second-order valence-electron chi connectivity index (χ2n) is 4.66. The van der Waals surface area contributed by atoms with Crippen LogP contribution in [0.25, 0.3) is 0 Å². The van der Waals surface area contributed by atoms with Crippen LogP contribution in [0.15, 0.2) is 0 Å². The molecule has 0 spiro atoms. The lowest BCUT2D eigenvalue weighted by Crippen LogP contribution is -2.48. The molecular formula is C12H20N2O4. The van der Waals surface area contributed by atoms with Crippen LogP contribution in [-0.4, -0.2) is 46.9 Å². The molecule has 18 heavy (non-hydrogen) atoms. The van der Waals surface area contributed by atoms with Crippen molar-refractivity contribution in [3.05, 3.63) is 0 Å². The molecule has 0 aromatic rings. The molecule has 0 aromatic carbocycles. The molecule has 0 aliphatic carbocycles. The Balaban J connectivity index is 2.74. The zero-order valence-corrected chi connectivity index (χ0v) is 10.8. The summed E-state index contributed by atoms with van der Waals surface area (Å²) in [6.07, 6.45) is 1.43. The highest BCUT2D eigenvalue weighted by atomic mass is 16.4. The maximum absolute atomic E-state index is 12.3. The lowest BCUT2D eigenvalue weighted by Gasteiger charge is -2.32. The zero-order valence-electron chi connectivity index (χ0n) is 10.8. The second kappa shape index (κ2) is 6.37. The van der Waals surface area contributed by atoms with E-state index >= 15 is 0 Å². The number of amides is 2. The van der Waals surface area contributed by atoms with Crippen molar-refractivity contribution in [3.63, 3.8) is 0 Å². The fourth-order valence-corrected chi connectivity index (χ4v) is 2.05. The van der Waals surface area contributed by atoms with E-state index in [0.29, 0.717) is 19.4 Å². The molecule has 0 radical (unpaired) electrons. The molecule has 6 nitrogen and oxygen atoms in total. The van der Waals surface area contributed by atoms with E-state index in [1.54, 1.807) is 0 Å². The topological polar surface area (TPSA) is 86.7 Å². The molecule has 2 N–H and O–H groups in total. The summed E-state index contributed by atoms with van der Waals surface area (Å²) in [6, 6.07) is -0.126. The highest BCUT2D eigenvalue weighted by Gasteiger charge is 2.31. The number of rotatable bonds is 5. The van der Waals surface area contributed by atoms with Crippen molar-refractivity contribution in [2.75, 3.05) is 13.1 Å². The van der Waals surface area contributed by atoms with Crippen LogP contribution < -0.4 is 5.32 Å². The van der Waals surface area contributed by atoms with E-state index in [4.69, 9.17) is 5.11 Å². The predicted molar refractivity (Wildman–Crippen MR) is 64.8 cm³/mol. The van der Waals surface area contributed by atoms with Crippen LogP contribution in [0.5, 0.6) is 0 Å². The summed E-state index contributed by atoms with van der Waals surface area (Å²) in [5, 5.41) is 11.5. The summed E-state index contributed by atoms with van der Waals surface area (Å²) in [5.41, 5.74) is 0. The van der Waals surface area contributed by atoms with Gasteiger partial charge < -0.3 is 15.3 Å². The van der Waals surface area contributed by atoms with Crippen LogP contribution in [0.3, 0.4) is 0 Å². The van der Waals surface area contributed by atoms with Gasteiger partial charge >= 0.3 is 5.97 Å². The highest BCUT2D eigenvalue weighted by molar-refractivity contribution is 5.88. The molecule has 1 saturated heterocycles. The summed E-state index contributed by atoms with van der Waals surface area (Å²) in [7, 11) is 0. The van der Waals surface area contributed by atoms with Crippen LogP contribution in [0.1, 0.15) is 33.1 Å². The van der Waals surface area contributed by atoms with Crippen molar-refractivity contribution in [2.45, 2.75) is 39.2 Å². The van der Waals surface area contributed by atoms with Crippen LogP contribution in [0, 0.1) is 5.92 Å². The number of carboxylic acids is 1. The third-order valence-corrected chi connectivity index (χ3v) is 3.31. The number of nitrogens with zero attached hydrogens (tertiary/aromatic N) is 1. The number of carbonyl (C=O) groups is 3. The van der Waals surface area contributed by atoms with Gasteiger partial charge in [0.2, 0.25) is 11.8 Å². The number of nitrogens with one attached hydrogen (secondary N) is 1. The van der Waals surface area contributed by atoms with Crippen LogP contribution >= 0.6 is 0 Å². The fourth-order valence-electron chi connectivity index (χ4n) is 2.05. The Labute approximate surface area is 106 Å². The Kier molecular flexibility index (Phi) is 5.12. The zero-order chi connectivity index (χ0) is 13.7. The molecule has 0 saturated carbocycles. The molecule has 1 heterocycles. The monoisotopic (exact) mass is 256 g/mol. The van der Waals surface area contributed by atoms with Gasteiger partial charge in [0.1, 0.15) is 6.54 Å². The van der Waals surface area contributed by atoms with Gasteiger partial charge in [0.25, 0.3) is 0 Å². The summed E-state index contributed by atoms with van der Waals surface area (Å²) < 4.78 is 0. The first-order valence-electron chi connectivity index (χ1n) is 6.24. The van der Waals surface area contributed by atoms with Gasteiger partial charge in [-0.1, -0.05) is 6.92 Å². The lowest BCUT2D eigenvalue weighted by molar-refractivity contribution is -0.149. The Morgan fingerprint density at radius 2 is 2.22 bits per heavy atom. The quantitative estimate of drug-likeness (QED) is 0.737. The van der Waals surface area contributed by atoms with Gasteiger partial charge in [0.05, 0.1) is 0 Å². The van der Waals surface area contributed by atoms with Gasteiger partial charge in [0.15, 0.2) is 0 Å². The van der Waals surface area contributed by atoms with Crippen molar-refractivity contribution in [2.24, 2.45) is 5.92 Å². The van der Waals surface area contributed by atoms with Gasteiger partial charge in [-0.25, -0.2) is 0 Å². The molecule has 1 rings (SSSR count). The number of carboxylic acid groups (broad SMARTS) is 1. The Morgan fingerprint density at radius 3 is 2.72 bits per heavy atom. The predicted octanol–water partition coefficient (Wildman–Crippen LogP) is 0.224. The lowest BCUT2D eigenvalue weighted by atomic mass is 9.95. The van der Waals surface area contributed by atoms with E-state index in [9.17, 15) is 14.4 Å². The molecule has 2 amide bonds. The SMILES string of the molecule is CCC(C)N(CC(=O)O)C(=O)C1CCNC(=O)C1. The fraction of sp³-hybridized carbons (Fsp3) is 0.750. The van der Waals surface area contributed by atoms with Crippen molar-refractivity contribution in [1.82, 2.24) is 10.2 Å². The van der Waals surface area contributed by atoms with E-state index in [2.05, 4.69) is 5.32 Å². The van der Waals surface area contributed by atoms with Gasteiger partial charge in [-0.2, -0.15) is 0 Å². The van der Waals surface area contributed by atoms with Crippen LogP contribution in [0.4, 0.5) is 0 Å². The third-order valence-electron chi connectivity index (χ3n) is 3.31. The number of hydrogen-bond donors (Lipinski definition) is 2. The van der Waals surface area contributed by atoms with E-state index in [1.807, 2.05) is 13.8 Å². The second-order valence-corrected chi connectivity index (χ2v) is 4.66. The standard InChI is InChI=1S/C12H20N2O4/c1-3-8(2)14(7-11(16)17)12(18)9-4-5-13-10(15)6-9/h8-9H,3-7H2,1-2H3,(H,13,15)(H,16,17). The first-order valence-corrected chi connectivity index (χ1v) is 6.24. The normalized spacial score (nSPS) is 21.0. The van der Waals surface area contributed by atoms with Crippen LogP contribution in [-0.2, 0) is 14.4 Å². The first-order chi connectivity index (χ1) is 8.45. The molecule has 1 aliphatic rings. The van der Waals surface area contributed by atoms with Gasteiger partial charge in [0, 0.05) is 24.9 Å². The van der Waals surface area contributed by atoms with Gasteiger partial charge in [-0.3, -0.25) is 14.4 Å². The smallest absolute Gasteiger partial charge is 0.323 e. The number of carbonyl (C=O) groups excluding carboxylic acids is 2. The Hall–Kier alpha value is -1.59. The number of aliphatic carboxylic acids is 1. The Bertz CT molecular complexity index is 343. The molecule has 2 unspecified atom stereocenters. The maximum Gasteiger partial charge on any atom is 0.323 e. The average Bonchev–Trinajstić information content (AvgIpc) is 2.34. The average molecular weight is 256 g/mol. The molecule has 1 fully saturated rings. The minimum Gasteiger partial charge on any atom is -0.480 e. The molecule has 6 heteroatoms. The summed E-state index contributed by atoms with van der Waals surface area (Å²) >= 11 is 0. The van der Waals surface area contributed by atoms with Crippen LogP contribution in [0.2, 0.25) is 0 Å². The molecule has 0 aromatic heterocycles. The summed E-state index contributed by atoms with van der Waals surface area (Å²) in [4.78, 5) is 35.7.